The fourth-order valence-electron chi connectivity index (χ4n) is 3.30. The molecule has 0 aliphatic heterocycles. The summed E-state index contributed by atoms with van der Waals surface area (Å²) in [6.45, 7) is 1.07. The van der Waals surface area contributed by atoms with Crippen molar-refractivity contribution in [1.82, 2.24) is 14.9 Å². The first-order valence-corrected chi connectivity index (χ1v) is 9.07. The molecule has 1 aromatic carbocycles. The van der Waals surface area contributed by atoms with Crippen molar-refractivity contribution in [2.24, 2.45) is 0 Å². The fraction of sp³-hybridized carbons (Fsp3) is 0.500. The van der Waals surface area contributed by atoms with E-state index in [2.05, 4.69) is 10.3 Å². The van der Waals surface area contributed by atoms with Gasteiger partial charge in [0.1, 0.15) is 0 Å². The topological polar surface area (TPSA) is 76.1 Å². The number of methoxy groups -OCH3 is 1. The molecule has 0 bridgehead atoms. The van der Waals surface area contributed by atoms with Crippen LogP contribution in [-0.2, 0) is 11.3 Å². The van der Waals surface area contributed by atoms with E-state index in [1.54, 1.807) is 25.3 Å². The second kappa shape index (κ2) is 7.93. The molecule has 0 radical (unpaired) electrons. The first kappa shape index (κ1) is 17.8. The van der Waals surface area contributed by atoms with Crippen molar-refractivity contribution in [2.75, 3.05) is 13.7 Å². The number of rotatable bonds is 6. The number of nitrogens with one attached hydrogen (secondary N) is 2. The third-order valence-corrected chi connectivity index (χ3v) is 4.99. The van der Waals surface area contributed by atoms with Crippen LogP contribution in [0.25, 0.3) is 10.9 Å². The van der Waals surface area contributed by atoms with Crippen molar-refractivity contribution in [3.05, 3.63) is 38.9 Å². The molecule has 1 heterocycles. The number of fused-ring (bicyclic) bond motifs is 1. The highest BCUT2D eigenvalue weighted by atomic mass is 32.1. The maximum atomic E-state index is 12.6. The van der Waals surface area contributed by atoms with E-state index in [0.717, 1.165) is 12.8 Å². The summed E-state index contributed by atoms with van der Waals surface area (Å²) in [4.78, 5) is 28.1. The van der Waals surface area contributed by atoms with Crippen LogP contribution >= 0.6 is 12.2 Å². The summed E-state index contributed by atoms with van der Waals surface area (Å²) in [5, 5.41) is 3.59. The predicted molar refractivity (Wildman–Crippen MR) is 99.6 cm³/mol. The summed E-state index contributed by atoms with van der Waals surface area (Å²) >= 11 is 5.31. The molecule has 25 heavy (non-hydrogen) atoms. The maximum Gasteiger partial charge on any atom is 0.262 e. The van der Waals surface area contributed by atoms with Crippen LogP contribution in [0.4, 0.5) is 0 Å². The van der Waals surface area contributed by atoms with E-state index < -0.39 is 0 Å². The Bertz CT molecular complexity index is 881. The highest BCUT2D eigenvalue weighted by Crippen LogP contribution is 2.18. The van der Waals surface area contributed by atoms with Crippen molar-refractivity contribution in [1.29, 1.82) is 0 Å². The molecule has 1 aromatic heterocycles. The number of H-pyrrole nitrogens is 1. The minimum absolute atomic E-state index is 0.0996. The lowest BCUT2D eigenvalue weighted by Crippen LogP contribution is -2.32. The van der Waals surface area contributed by atoms with Gasteiger partial charge >= 0.3 is 0 Å². The van der Waals surface area contributed by atoms with Gasteiger partial charge in [0.25, 0.3) is 11.5 Å². The standard InChI is InChI=1S/C18H23N3O3S/c1-24-10-4-9-21-17(23)14-8-7-12(11-15(14)20-18(21)25)16(22)19-13-5-2-3-6-13/h7-8,11,13H,2-6,9-10H2,1H3,(H,19,22)(H,20,25). The Morgan fingerprint density at radius 3 is 2.88 bits per heavy atom. The van der Waals surface area contributed by atoms with Crippen LogP contribution in [0.2, 0.25) is 0 Å². The van der Waals surface area contributed by atoms with Crippen LogP contribution in [0.3, 0.4) is 0 Å². The molecule has 6 nitrogen and oxygen atoms in total. The quantitative estimate of drug-likeness (QED) is 0.613. The molecule has 0 unspecified atom stereocenters. The van der Waals surface area contributed by atoms with Gasteiger partial charge in [-0.15, -0.1) is 0 Å². The molecule has 0 atom stereocenters. The Kier molecular flexibility index (Phi) is 5.65. The third kappa shape index (κ3) is 3.99. The normalized spacial score (nSPS) is 14.9. The summed E-state index contributed by atoms with van der Waals surface area (Å²) < 4.78 is 6.92. The smallest absolute Gasteiger partial charge is 0.262 e. The molecule has 2 aromatic rings. The monoisotopic (exact) mass is 361 g/mol. The van der Waals surface area contributed by atoms with Crippen LogP contribution in [0, 0.1) is 4.77 Å². The summed E-state index contributed by atoms with van der Waals surface area (Å²) in [6.07, 6.45) is 5.11. The number of carbonyl (C=O) groups excluding carboxylic acids is 1. The molecule has 1 aliphatic carbocycles. The molecule has 2 N–H and O–H groups in total. The minimum Gasteiger partial charge on any atom is -0.385 e. The molecular formula is C18H23N3O3S. The number of hydrogen-bond donors (Lipinski definition) is 2. The predicted octanol–water partition coefficient (Wildman–Crippen LogP) is 2.77. The maximum absolute atomic E-state index is 12.6. The largest absolute Gasteiger partial charge is 0.385 e. The van der Waals surface area contributed by atoms with E-state index in [1.807, 2.05) is 0 Å². The van der Waals surface area contributed by atoms with E-state index >= 15 is 0 Å². The molecular weight excluding hydrogens is 338 g/mol. The molecule has 1 amide bonds. The Hall–Kier alpha value is -1.99. The zero-order chi connectivity index (χ0) is 17.8. The molecule has 0 saturated heterocycles. The lowest BCUT2D eigenvalue weighted by atomic mass is 10.1. The molecule has 1 saturated carbocycles. The second-order valence-electron chi connectivity index (χ2n) is 6.45. The van der Waals surface area contributed by atoms with Gasteiger partial charge in [0.15, 0.2) is 4.77 Å². The number of nitrogens with zero attached hydrogens (tertiary/aromatic N) is 1. The second-order valence-corrected chi connectivity index (χ2v) is 6.84. The van der Waals surface area contributed by atoms with Gasteiger partial charge in [-0.05, 0) is 49.7 Å². The Balaban J connectivity index is 1.87. The van der Waals surface area contributed by atoms with E-state index in [1.165, 1.54) is 17.4 Å². The number of aromatic amines is 1. The lowest BCUT2D eigenvalue weighted by molar-refractivity contribution is 0.0938. The molecule has 7 heteroatoms. The van der Waals surface area contributed by atoms with Crippen LogP contribution in [0.1, 0.15) is 42.5 Å². The van der Waals surface area contributed by atoms with Gasteiger partial charge < -0.3 is 15.0 Å². The van der Waals surface area contributed by atoms with Crippen LogP contribution in [0.15, 0.2) is 23.0 Å². The van der Waals surface area contributed by atoms with Gasteiger partial charge in [-0.1, -0.05) is 12.8 Å². The molecule has 134 valence electrons. The van der Waals surface area contributed by atoms with Crippen LogP contribution in [-0.4, -0.2) is 35.2 Å². The van der Waals surface area contributed by atoms with Gasteiger partial charge in [-0.2, -0.15) is 0 Å². The van der Waals surface area contributed by atoms with Gasteiger partial charge in [-0.25, -0.2) is 0 Å². The van der Waals surface area contributed by atoms with Crippen molar-refractivity contribution < 1.29 is 9.53 Å². The van der Waals surface area contributed by atoms with Crippen LogP contribution in [0.5, 0.6) is 0 Å². The third-order valence-electron chi connectivity index (χ3n) is 4.66. The number of hydrogen-bond acceptors (Lipinski definition) is 4. The van der Waals surface area contributed by atoms with E-state index in [-0.39, 0.29) is 17.5 Å². The summed E-state index contributed by atoms with van der Waals surface area (Å²) in [5.74, 6) is -0.0996. The number of amides is 1. The minimum atomic E-state index is -0.141. The average Bonchev–Trinajstić information content (AvgIpc) is 3.10. The first-order valence-electron chi connectivity index (χ1n) is 8.67. The zero-order valence-corrected chi connectivity index (χ0v) is 15.2. The van der Waals surface area contributed by atoms with Crippen molar-refractivity contribution in [3.8, 4) is 0 Å². The highest BCUT2D eigenvalue weighted by molar-refractivity contribution is 7.71. The Labute approximate surface area is 151 Å². The van der Waals surface area contributed by atoms with Crippen LogP contribution < -0.4 is 10.9 Å². The highest BCUT2D eigenvalue weighted by Gasteiger charge is 2.18. The van der Waals surface area contributed by atoms with Gasteiger partial charge in [0.2, 0.25) is 0 Å². The number of ether oxygens (including phenoxy) is 1. The molecule has 0 spiro atoms. The molecule has 1 aliphatic rings. The van der Waals surface area contributed by atoms with E-state index in [4.69, 9.17) is 17.0 Å². The Morgan fingerprint density at radius 2 is 2.16 bits per heavy atom. The molecule has 1 fully saturated rings. The molecule has 3 rings (SSSR count). The van der Waals surface area contributed by atoms with Gasteiger partial charge in [0.05, 0.1) is 10.9 Å². The number of aromatic nitrogens is 2. The van der Waals surface area contributed by atoms with Crippen molar-refractivity contribution >= 4 is 29.0 Å². The van der Waals surface area contributed by atoms with E-state index in [9.17, 15) is 9.59 Å². The lowest BCUT2D eigenvalue weighted by Gasteiger charge is -2.12. The van der Waals surface area contributed by atoms with Gasteiger partial charge in [0, 0.05) is 31.9 Å². The summed E-state index contributed by atoms with van der Waals surface area (Å²) in [5.41, 5.74) is 0.997. The van der Waals surface area contributed by atoms with E-state index in [0.29, 0.717) is 40.8 Å². The van der Waals surface area contributed by atoms with Crippen molar-refractivity contribution in [3.63, 3.8) is 0 Å². The van der Waals surface area contributed by atoms with Crippen molar-refractivity contribution in [2.45, 2.75) is 44.7 Å². The average molecular weight is 361 g/mol. The Morgan fingerprint density at radius 1 is 1.40 bits per heavy atom. The fourth-order valence-corrected chi connectivity index (χ4v) is 3.59. The first-order chi connectivity index (χ1) is 12.1. The SMILES string of the molecule is COCCCn1c(=S)[nH]c2cc(C(=O)NC3CCCC3)ccc2c1=O. The van der Waals surface area contributed by atoms with Gasteiger partial charge in [-0.3, -0.25) is 14.2 Å². The summed E-state index contributed by atoms with van der Waals surface area (Å²) in [6, 6.07) is 5.36. The number of benzene rings is 1. The number of carbonyl (C=O) groups is 1. The zero-order valence-electron chi connectivity index (χ0n) is 14.3. The summed E-state index contributed by atoms with van der Waals surface area (Å²) in [7, 11) is 1.63.